The van der Waals surface area contributed by atoms with Crippen LogP contribution in [0.1, 0.15) is 30.2 Å². The molecule has 1 amide bonds. The predicted molar refractivity (Wildman–Crippen MR) is 109 cm³/mol. The molecule has 146 valence electrons. The van der Waals surface area contributed by atoms with Crippen molar-refractivity contribution in [1.82, 2.24) is 20.4 Å². The Labute approximate surface area is 172 Å². The normalized spacial score (nSPS) is 15.6. The van der Waals surface area contributed by atoms with Gasteiger partial charge in [-0.25, -0.2) is 0 Å². The minimum atomic E-state index is 0.0101. The molecule has 1 aromatic carbocycles. The lowest BCUT2D eigenvalue weighted by atomic mass is 9.97. The van der Waals surface area contributed by atoms with Crippen LogP contribution in [-0.4, -0.2) is 40.6 Å². The molecule has 0 spiro atoms. The van der Waals surface area contributed by atoms with Crippen molar-refractivity contribution in [2.45, 2.75) is 25.3 Å². The number of nitrogens with one attached hydrogen (secondary N) is 1. The first-order valence-electron chi connectivity index (χ1n) is 9.27. The molecule has 0 bridgehead atoms. The highest BCUT2D eigenvalue weighted by Gasteiger charge is 2.26. The van der Waals surface area contributed by atoms with Gasteiger partial charge in [0.05, 0.1) is 6.54 Å². The Morgan fingerprint density at radius 3 is 2.82 bits per heavy atom. The number of thiophene rings is 1. The molecule has 0 unspecified atom stereocenters. The number of rotatable bonds is 6. The first kappa shape index (κ1) is 19.1. The Morgan fingerprint density at radius 2 is 2.07 bits per heavy atom. The Morgan fingerprint density at radius 1 is 1.25 bits per heavy atom. The van der Waals surface area contributed by atoms with Gasteiger partial charge < -0.3 is 9.73 Å². The highest BCUT2D eigenvalue weighted by atomic mass is 35.5. The standard InChI is InChI=1S/C20H21ClN4O2S/c21-17-4-2-1-3-15(17)11-22-18(26)12-25-8-5-14(6-9-25)19-23-24-20(27-19)16-7-10-28-13-16/h1-4,7,10,13-14H,5-6,8-9,11-12H2,(H,22,26). The SMILES string of the molecule is O=C(CN1CCC(c2nnc(-c3ccsc3)o2)CC1)NCc1ccccc1Cl. The van der Waals surface area contributed by atoms with Crippen LogP contribution in [0.15, 0.2) is 45.5 Å². The first-order valence-corrected chi connectivity index (χ1v) is 10.6. The van der Waals surface area contributed by atoms with Gasteiger partial charge in [0, 0.05) is 28.4 Å². The molecule has 2 aromatic heterocycles. The van der Waals surface area contributed by atoms with Gasteiger partial charge >= 0.3 is 0 Å². The molecule has 6 nitrogen and oxygen atoms in total. The van der Waals surface area contributed by atoms with E-state index in [0.29, 0.717) is 29.9 Å². The van der Waals surface area contributed by atoms with E-state index >= 15 is 0 Å². The molecule has 0 atom stereocenters. The Kier molecular flexibility index (Phi) is 6.04. The lowest BCUT2D eigenvalue weighted by molar-refractivity contribution is -0.122. The van der Waals surface area contributed by atoms with E-state index in [1.807, 2.05) is 41.1 Å². The van der Waals surface area contributed by atoms with Gasteiger partial charge in [-0.15, -0.1) is 10.2 Å². The van der Waals surface area contributed by atoms with Gasteiger partial charge in [-0.1, -0.05) is 29.8 Å². The number of carbonyl (C=O) groups is 1. The van der Waals surface area contributed by atoms with Gasteiger partial charge in [-0.05, 0) is 49.0 Å². The zero-order chi connectivity index (χ0) is 19.3. The maximum Gasteiger partial charge on any atom is 0.248 e. The first-order chi connectivity index (χ1) is 13.7. The summed E-state index contributed by atoms with van der Waals surface area (Å²) in [6.45, 7) is 2.50. The second kappa shape index (κ2) is 8.86. The highest BCUT2D eigenvalue weighted by molar-refractivity contribution is 7.08. The maximum absolute atomic E-state index is 12.2. The average molecular weight is 417 g/mol. The molecule has 0 aliphatic carbocycles. The topological polar surface area (TPSA) is 71.3 Å². The Bertz CT molecular complexity index is 920. The monoisotopic (exact) mass is 416 g/mol. The molecule has 3 heterocycles. The summed E-state index contributed by atoms with van der Waals surface area (Å²) in [5.74, 6) is 1.54. The van der Waals surface area contributed by atoms with Crippen LogP contribution in [0.25, 0.3) is 11.5 Å². The van der Waals surface area contributed by atoms with Crippen LogP contribution >= 0.6 is 22.9 Å². The lowest BCUT2D eigenvalue weighted by Crippen LogP contribution is -2.41. The van der Waals surface area contributed by atoms with Crippen LogP contribution in [0.5, 0.6) is 0 Å². The summed E-state index contributed by atoms with van der Waals surface area (Å²) in [7, 11) is 0. The molecule has 0 saturated carbocycles. The van der Waals surface area contributed by atoms with E-state index in [4.69, 9.17) is 16.0 Å². The molecule has 1 fully saturated rings. The fourth-order valence-corrected chi connectivity index (χ4v) is 4.17. The number of hydrogen-bond donors (Lipinski definition) is 1. The van der Waals surface area contributed by atoms with E-state index < -0.39 is 0 Å². The molecule has 3 aromatic rings. The lowest BCUT2D eigenvalue weighted by Gasteiger charge is -2.29. The van der Waals surface area contributed by atoms with Gasteiger partial charge in [0.15, 0.2) is 0 Å². The van der Waals surface area contributed by atoms with E-state index in [1.165, 1.54) is 0 Å². The Balaban J connectivity index is 1.24. The molecule has 1 N–H and O–H groups in total. The van der Waals surface area contributed by atoms with Crippen molar-refractivity contribution in [1.29, 1.82) is 0 Å². The number of halogens is 1. The fraction of sp³-hybridized carbons (Fsp3) is 0.350. The van der Waals surface area contributed by atoms with Crippen LogP contribution in [0, 0.1) is 0 Å². The highest BCUT2D eigenvalue weighted by Crippen LogP contribution is 2.29. The molecule has 1 saturated heterocycles. The third kappa shape index (κ3) is 4.60. The molecule has 1 aliphatic heterocycles. The van der Waals surface area contributed by atoms with Gasteiger partial charge in [0.2, 0.25) is 17.7 Å². The van der Waals surface area contributed by atoms with Crippen molar-refractivity contribution in [3.63, 3.8) is 0 Å². The number of amides is 1. The van der Waals surface area contributed by atoms with E-state index in [9.17, 15) is 4.79 Å². The largest absolute Gasteiger partial charge is 0.420 e. The van der Waals surface area contributed by atoms with Gasteiger partial charge in [0.1, 0.15) is 0 Å². The summed E-state index contributed by atoms with van der Waals surface area (Å²) in [6.07, 6.45) is 1.81. The summed E-state index contributed by atoms with van der Waals surface area (Å²) in [4.78, 5) is 14.4. The average Bonchev–Trinajstić information content (AvgIpc) is 3.40. The summed E-state index contributed by atoms with van der Waals surface area (Å²) >= 11 is 7.74. The summed E-state index contributed by atoms with van der Waals surface area (Å²) in [5.41, 5.74) is 1.89. The Hall–Kier alpha value is -2.22. The second-order valence-electron chi connectivity index (χ2n) is 6.88. The van der Waals surface area contributed by atoms with Crippen LogP contribution in [0.4, 0.5) is 0 Å². The number of nitrogens with zero attached hydrogens (tertiary/aromatic N) is 3. The van der Waals surface area contributed by atoms with Crippen LogP contribution in [0.2, 0.25) is 5.02 Å². The van der Waals surface area contributed by atoms with Gasteiger partial charge in [-0.2, -0.15) is 11.3 Å². The summed E-state index contributed by atoms with van der Waals surface area (Å²) < 4.78 is 5.86. The minimum absolute atomic E-state index is 0.0101. The van der Waals surface area contributed by atoms with E-state index in [-0.39, 0.29) is 11.8 Å². The van der Waals surface area contributed by atoms with Crippen molar-refractivity contribution >= 4 is 28.8 Å². The molecule has 28 heavy (non-hydrogen) atoms. The van der Waals surface area contributed by atoms with Gasteiger partial charge in [0.25, 0.3) is 0 Å². The third-order valence-corrected chi connectivity index (χ3v) is 6.00. The smallest absolute Gasteiger partial charge is 0.248 e. The van der Waals surface area contributed by atoms with Crippen molar-refractivity contribution in [2.75, 3.05) is 19.6 Å². The van der Waals surface area contributed by atoms with Gasteiger partial charge in [-0.3, -0.25) is 9.69 Å². The number of benzene rings is 1. The molecule has 0 radical (unpaired) electrons. The molecular formula is C20H21ClN4O2S. The number of aromatic nitrogens is 2. The molecule has 1 aliphatic rings. The van der Waals surface area contributed by atoms with E-state index in [1.54, 1.807) is 11.3 Å². The zero-order valence-electron chi connectivity index (χ0n) is 15.3. The van der Waals surface area contributed by atoms with Crippen LogP contribution in [-0.2, 0) is 11.3 Å². The maximum atomic E-state index is 12.2. The quantitative estimate of drug-likeness (QED) is 0.658. The van der Waals surface area contributed by atoms with Crippen molar-refractivity contribution in [3.8, 4) is 11.5 Å². The van der Waals surface area contributed by atoms with Crippen molar-refractivity contribution < 1.29 is 9.21 Å². The molecule has 4 rings (SSSR count). The fourth-order valence-electron chi connectivity index (χ4n) is 3.33. The van der Waals surface area contributed by atoms with Crippen molar-refractivity contribution in [3.05, 3.63) is 57.6 Å². The third-order valence-electron chi connectivity index (χ3n) is 4.95. The number of piperidine rings is 1. The number of hydrogen-bond acceptors (Lipinski definition) is 6. The zero-order valence-corrected chi connectivity index (χ0v) is 16.9. The molecular weight excluding hydrogens is 396 g/mol. The summed E-state index contributed by atoms with van der Waals surface area (Å²) in [5, 5.41) is 16.0. The van der Waals surface area contributed by atoms with E-state index in [2.05, 4.69) is 20.4 Å². The predicted octanol–water partition coefficient (Wildman–Crippen LogP) is 3.95. The van der Waals surface area contributed by atoms with Crippen molar-refractivity contribution in [2.24, 2.45) is 0 Å². The summed E-state index contributed by atoms with van der Waals surface area (Å²) in [6, 6.07) is 9.52. The second-order valence-corrected chi connectivity index (χ2v) is 8.06. The van der Waals surface area contributed by atoms with Crippen LogP contribution in [0.3, 0.4) is 0 Å². The number of carbonyl (C=O) groups excluding carboxylic acids is 1. The number of likely N-dealkylation sites (tertiary alicyclic amines) is 1. The van der Waals surface area contributed by atoms with E-state index in [0.717, 1.165) is 37.1 Å². The molecule has 8 heteroatoms. The van der Waals surface area contributed by atoms with Crippen LogP contribution < -0.4 is 5.32 Å². The minimum Gasteiger partial charge on any atom is -0.420 e.